The van der Waals surface area contributed by atoms with Gasteiger partial charge < -0.3 is 14.4 Å². The van der Waals surface area contributed by atoms with Gasteiger partial charge in [0.15, 0.2) is 0 Å². The number of para-hydroxylation sites is 1. The Bertz CT molecular complexity index is 534. The highest BCUT2D eigenvalue weighted by Crippen LogP contribution is 2.22. The number of aromatic nitrogens is 1. The van der Waals surface area contributed by atoms with E-state index in [0.29, 0.717) is 5.56 Å². The number of rotatable bonds is 4. The van der Waals surface area contributed by atoms with Crippen LogP contribution in [0.1, 0.15) is 5.56 Å². The van der Waals surface area contributed by atoms with E-state index in [1.54, 1.807) is 29.0 Å². The first kappa shape index (κ1) is 12.9. The molecule has 0 unspecified atom stereocenters. The minimum Gasteiger partial charge on any atom is -0.392 e. The summed E-state index contributed by atoms with van der Waals surface area (Å²) in [5.74, 6) is 0. The number of aliphatic hydroxyl groups excluding tert-OH is 1. The summed E-state index contributed by atoms with van der Waals surface area (Å²) in [5.41, 5.74) is 1.41. The van der Waals surface area contributed by atoms with Crippen molar-refractivity contribution in [2.75, 3.05) is 6.61 Å². The van der Waals surface area contributed by atoms with Gasteiger partial charge in [-0.25, -0.2) is 0 Å². The molecule has 6 heteroatoms. The van der Waals surface area contributed by atoms with Crippen LogP contribution in [0.5, 0.6) is 0 Å². The van der Waals surface area contributed by atoms with Gasteiger partial charge in [0.2, 0.25) is 0 Å². The highest BCUT2D eigenvalue weighted by atomic mass is 19.4. The molecule has 0 amide bonds. The van der Waals surface area contributed by atoms with Crippen molar-refractivity contribution in [2.24, 2.45) is 0 Å². The van der Waals surface area contributed by atoms with Gasteiger partial charge in [0.25, 0.3) is 0 Å². The second-order valence-electron chi connectivity index (χ2n) is 3.89. The van der Waals surface area contributed by atoms with Crippen LogP contribution in [0.25, 0.3) is 10.9 Å². The van der Waals surface area contributed by atoms with E-state index in [9.17, 15) is 13.2 Å². The average molecular weight is 259 g/mol. The summed E-state index contributed by atoms with van der Waals surface area (Å²) < 4.78 is 42.1. The van der Waals surface area contributed by atoms with Gasteiger partial charge in [-0.3, -0.25) is 0 Å². The Morgan fingerprint density at radius 2 is 1.94 bits per heavy atom. The number of aliphatic hydroxyl groups is 1. The molecule has 1 heterocycles. The standard InChI is InChI=1S/C12H12F3NO2/c13-12(14,15)7-18-8-16-5-9(6-17)10-3-1-2-4-11(10)16/h1-5,17H,6-8H2. The van der Waals surface area contributed by atoms with Crippen molar-refractivity contribution in [3.05, 3.63) is 36.0 Å². The number of hydrogen-bond donors (Lipinski definition) is 1. The molecule has 3 nitrogen and oxygen atoms in total. The minimum atomic E-state index is -4.33. The molecule has 0 atom stereocenters. The van der Waals surface area contributed by atoms with Crippen LogP contribution < -0.4 is 0 Å². The first-order chi connectivity index (χ1) is 8.51. The molecule has 1 aromatic heterocycles. The zero-order valence-electron chi connectivity index (χ0n) is 9.44. The molecule has 0 spiro atoms. The number of halogens is 3. The van der Waals surface area contributed by atoms with E-state index >= 15 is 0 Å². The first-order valence-corrected chi connectivity index (χ1v) is 5.33. The quantitative estimate of drug-likeness (QED) is 0.916. The lowest BCUT2D eigenvalue weighted by Crippen LogP contribution is -2.18. The van der Waals surface area contributed by atoms with E-state index in [4.69, 9.17) is 5.11 Å². The Balaban J connectivity index is 2.18. The van der Waals surface area contributed by atoms with E-state index in [0.717, 1.165) is 10.9 Å². The first-order valence-electron chi connectivity index (χ1n) is 5.33. The lowest BCUT2D eigenvalue weighted by molar-refractivity contribution is -0.181. The Morgan fingerprint density at radius 1 is 1.22 bits per heavy atom. The highest BCUT2D eigenvalue weighted by molar-refractivity contribution is 5.83. The molecule has 0 saturated carbocycles. The number of nitrogens with zero attached hydrogens (tertiary/aromatic N) is 1. The summed E-state index contributed by atoms with van der Waals surface area (Å²) >= 11 is 0. The number of fused-ring (bicyclic) bond motifs is 1. The van der Waals surface area contributed by atoms with Crippen molar-refractivity contribution in [3.8, 4) is 0 Å². The van der Waals surface area contributed by atoms with Crippen LogP contribution in [0.2, 0.25) is 0 Å². The van der Waals surface area contributed by atoms with Gasteiger partial charge >= 0.3 is 6.18 Å². The van der Waals surface area contributed by atoms with E-state index in [2.05, 4.69) is 4.74 Å². The fourth-order valence-electron chi connectivity index (χ4n) is 1.82. The van der Waals surface area contributed by atoms with E-state index < -0.39 is 12.8 Å². The van der Waals surface area contributed by atoms with Crippen LogP contribution in [-0.2, 0) is 18.1 Å². The summed E-state index contributed by atoms with van der Waals surface area (Å²) in [5, 5.41) is 9.98. The third kappa shape index (κ3) is 2.83. The Kier molecular flexibility index (Phi) is 3.58. The zero-order valence-corrected chi connectivity index (χ0v) is 9.44. The molecule has 1 aromatic carbocycles. The number of alkyl halides is 3. The van der Waals surface area contributed by atoms with Crippen LogP contribution in [0, 0.1) is 0 Å². The van der Waals surface area contributed by atoms with E-state index in [1.165, 1.54) is 0 Å². The van der Waals surface area contributed by atoms with Gasteiger partial charge in [0.05, 0.1) is 12.1 Å². The second-order valence-corrected chi connectivity index (χ2v) is 3.89. The third-order valence-electron chi connectivity index (χ3n) is 2.54. The van der Waals surface area contributed by atoms with Crippen LogP contribution in [0.3, 0.4) is 0 Å². The Hall–Kier alpha value is -1.53. The van der Waals surface area contributed by atoms with Crippen molar-refractivity contribution >= 4 is 10.9 Å². The molecular formula is C12H12F3NO2. The maximum atomic E-state index is 12.0. The van der Waals surface area contributed by atoms with Crippen molar-refractivity contribution in [3.63, 3.8) is 0 Å². The maximum absolute atomic E-state index is 12.0. The summed E-state index contributed by atoms with van der Waals surface area (Å²) in [6.45, 7) is -1.64. The molecule has 0 aliphatic heterocycles. The van der Waals surface area contributed by atoms with Crippen molar-refractivity contribution in [2.45, 2.75) is 19.5 Å². The molecular weight excluding hydrogens is 247 g/mol. The monoisotopic (exact) mass is 259 g/mol. The van der Waals surface area contributed by atoms with Crippen molar-refractivity contribution in [1.82, 2.24) is 4.57 Å². The summed E-state index contributed by atoms with van der Waals surface area (Å²) in [6, 6.07) is 7.17. The lowest BCUT2D eigenvalue weighted by Gasteiger charge is -2.09. The molecule has 1 N–H and O–H groups in total. The van der Waals surface area contributed by atoms with Crippen LogP contribution >= 0.6 is 0 Å². The largest absolute Gasteiger partial charge is 0.411 e. The fraction of sp³-hybridized carbons (Fsp3) is 0.333. The van der Waals surface area contributed by atoms with E-state index in [-0.39, 0.29) is 13.3 Å². The minimum absolute atomic E-state index is 0.160. The molecule has 0 radical (unpaired) electrons. The van der Waals surface area contributed by atoms with Crippen molar-refractivity contribution < 1.29 is 23.0 Å². The number of ether oxygens (including phenoxy) is 1. The van der Waals surface area contributed by atoms with Gasteiger partial charge in [0.1, 0.15) is 13.3 Å². The van der Waals surface area contributed by atoms with Gasteiger partial charge in [-0.1, -0.05) is 18.2 Å². The van der Waals surface area contributed by atoms with Crippen LogP contribution in [-0.4, -0.2) is 22.5 Å². The molecule has 2 aromatic rings. The number of benzene rings is 1. The summed E-state index contributed by atoms with van der Waals surface area (Å²) in [6.07, 6.45) is -2.73. The lowest BCUT2D eigenvalue weighted by atomic mass is 10.2. The van der Waals surface area contributed by atoms with Gasteiger partial charge in [-0.2, -0.15) is 13.2 Å². The topological polar surface area (TPSA) is 34.4 Å². The fourth-order valence-corrected chi connectivity index (χ4v) is 1.82. The summed E-state index contributed by atoms with van der Waals surface area (Å²) in [4.78, 5) is 0. The normalized spacial score (nSPS) is 12.2. The molecule has 0 aliphatic carbocycles. The molecule has 98 valence electrons. The zero-order chi connectivity index (χ0) is 13.2. The molecule has 0 bridgehead atoms. The third-order valence-corrected chi connectivity index (χ3v) is 2.54. The van der Waals surface area contributed by atoms with Gasteiger partial charge in [-0.05, 0) is 6.07 Å². The van der Waals surface area contributed by atoms with E-state index in [1.807, 2.05) is 6.07 Å². The second kappa shape index (κ2) is 4.99. The van der Waals surface area contributed by atoms with Gasteiger partial charge in [-0.15, -0.1) is 0 Å². The predicted molar refractivity (Wildman–Crippen MR) is 59.9 cm³/mol. The number of hydrogen-bond acceptors (Lipinski definition) is 2. The molecule has 2 rings (SSSR count). The predicted octanol–water partition coefficient (Wildman–Crippen LogP) is 2.67. The van der Waals surface area contributed by atoms with Gasteiger partial charge in [0, 0.05) is 17.1 Å². The molecule has 0 saturated heterocycles. The van der Waals surface area contributed by atoms with Crippen LogP contribution in [0.4, 0.5) is 13.2 Å². The Morgan fingerprint density at radius 3 is 2.61 bits per heavy atom. The summed E-state index contributed by atoms with van der Waals surface area (Å²) in [7, 11) is 0. The highest BCUT2D eigenvalue weighted by Gasteiger charge is 2.27. The molecule has 0 aliphatic rings. The Labute approximate surface area is 101 Å². The smallest absolute Gasteiger partial charge is 0.392 e. The average Bonchev–Trinajstić information content (AvgIpc) is 2.66. The van der Waals surface area contributed by atoms with Crippen molar-refractivity contribution in [1.29, 1.82) is 0 Å². The van der Waals surface area contributed by atoms with Crippen LogP contribution in [0.15, 0.2) is 30.5 Å². The molecule has 0 fully saturated rings. The molecule has 18 heavy (non-hydrogen) atoms. The maximum Gasteiger partial charge on any atom is 0.411 e. The SMILES string of the molecule is OCc1cn(COCC(F)(F)F)c2ccccc12.